The van der Waals surface area contributed by atoms with Gasteiger partial charge in [-0.1, -0.05) is 17.9 Å². The number of aryl methyl sites for hydroxylation is 1. The van der Waals surface area contributed by atoms with Crippen LogP contribution in [-0.2, 0) is 0 Å². The SMILES string of the molecule is Cc1ccc(OCCCN(C)C)c(C#CCCO)c1. The van der Waals surface area contributed by atoms with Gasteiger partial charge < -0.3 is 14.7 Å². The lowest BCUT2D eigenvalue weighted by atomic mass is 10.1. The zero-order chi connectivity index (χ0) is 14.1. The largest absolute Gasteiger partial charge is 0.492 e. The van der Waals surface area contributed by atoms with Crippen molar-refractivity contribution in [3.8, 4) is 17.6 Å². The van der Waals surface area contributed by atoms with Crippen molar-refractivity contribution >= 4 is 0 Å². The molecule has 1 rings (SSSR count). The van der Waals surface area contributed by atoms with Crippen molar-refractivity contribution in [2.75, 3.05) is 33.9 Å². The van der Waals surface area contributed by atoms with E-state index < -0.39 is 0 Å². The van der Waals surface area contributed by atoms with E-state index in [1.54, 1.807) is 0 Å². The van der Waals surface area contributed by atoms with Crippen molar-refractivity contribution in [3.05, 3.63) is 29.3 Å². The molecule has 3 heteroatoms. The minimum atomic E-state index is 0.0951. The van der Waals surface area contributed by atoms with Gasteiger partial charge in [0.15, 0.2) is 0 Å². The molecule has 0 unspecified atom stereocenters. The van der Waals surface area contributed by atoms with Crippen LogP contribution in [0.3, 0.4) is 0 Å². The highest BCUT2D eigenvalue weighted by Gasteiger charge is 2.02. The molecule has 0 radical (unpaired) electrons. The van der Waals surface area contributed by atoms with E-state index >= 15 is 0 Å². The summed E-state index contributed by atoms with van der Waals surface area (Å²) in [5.41, 5.74) is 2.06. The average Bonchev–Trinajstić information content (AvgIpc) is 2.36. The van der Waals surface area contributed by atoms with Crippen molar-refractivity contribution in [3.63, 3.8) is 0 Å². The molecule has 0 aromatic heterocycles. The number of hydrogen-bond acceptors (Lipinski definition) is 3. The maximum absolute atomic E-state index is 8.76. The molecule has 3 nitrogen and oxygen atoms in total. The third kappa shape index (κ3) is 6.28. The van der Waals surface area contributed by atoms with Crippen LogP contribution in [0.15, 0.2) is 18.2 Å². The van der Waals surface area contributed by atoms with E-state index in [2.05, 4.69) is 30.8 Å². The summed E-state index contributed by atoms with van der Waals surface area (Å²) < 4.78 is 5.78. The summed E-state index contributed by atoms with van der Waals surface area (Å²) >= 11 is 0. The third-order valence-corrected chi connectivity index (χ3v) is 2.60. The molecule has 0 aliphatic carbocycles. The summed E-state index contributed by atoms with van der Waals surface area (Å²) in [5.74, 6) is 6.83. The van der Waals surface area contributed by atoms with Gasteiger partial charge in [0.25, 0.3) is 0 Å². The number of benzene rings is 1. The molecule has 0 heterocycles. The van der Waals surface area contributed by atoms with Crippen molar-refractivity contribution < 1.29 is 9.84 Å². The molecular formula is C16H23NO2. The van der Waals surface area contributed by atoms with Crippen LogP contribution in [0.25, 0.3) is 0 Å². The molecule has 0 saturated carbocycles. The minimum absolute atomic E-state index is 0.0951. The van der Waals surface area contributed by atoms with Crippen LogP contribution in [0.1, 0.15) is 24.0 Å². The number of hydrogen-bond donors (Lipinski definition) is 1. The first-order chi connectivity index (χ1) is 9.13. The Morgan fingerprint density at radius 2 is 2.11 bits per heavy atom. The maximum atomic E-state index is 8.76. The van der Waals surface area contributed by atoms with Gasteiger partial charge >= 0.3 is 0 Å². The maximum Gasteiger partial charge on any atom is 0.134 e. The highest BCUT2D eigenvalue weighted by Crippen LogP contribution is 2.19. The minimum Gasteiger partial charge on any atom is -0.492 e. The molecule has 0 bridgehead atoms. The van der Waals surface area contributed by atoms with Gasteiger partial charge in [-0.05, 0) is 45.1 Å². The van der Waals surface area contributed by atoms with E-state index in [0.29, 0.717) is 13.0 Å². The number of aliphatic hydroxyl groups excluding tert-OH is 1. The van der Waals surface area contributed by atoms with E-state index in [1.165, 1.54) is 0 Å². The van der Waals surface area contributed by atoms with Crippen molar-refractivity contribution in [2.45, 2.75) is 19.8 Å². The van der Waals surface area contributed by atoms with Gasteiger partial charge in [-0.15, -0.1) is 0 Å². The Morgan fingerprint density at radius 1 is 1.32 bits per heavy atom. The smallest absolute Gasteiger partial charge is 0.134 e. The van der Waals surface area contributed by atoms with E-state index in [4.69, 9.17) is 9.84 Å². The Morgan fingerprint density at radius 3 is 2.79 bits per heavy atom. The summed E-state index contributed by atoms with van der Waals surface area (Å²) in [6, 6.07) is 6.01. The van der Waals surface area contributed by atoms with E-state index in [-0.39, 0.29) is 6.61 Å². The lowest BCUT2D eigenvalue weighted by molar-refractivity contribution is 0.281. The van der Waals surface area contributed by atoms with E-state index in [0.717, 1.165) is 29.8 Å². The quantitative estimate of drug-likeness (QED) is 0.628. The molecule has 0 aliphatic rings. The fourth-order valence-electron chi connectivity index (χ4n) is 1.64. The molecule has 0 spiro atoms. The topological polar surface area (TPSA) is 32.7 Å². The van der Waals surface area contributed by atoms with Gasteiger partial charge in [0.1, 0.15) is 5.75 Å². The number of nitrogens with zero attached hydrogens (tertiary/aromatic N) is 1. The summed E-state index contributed by atoms with van der Waals surface area (Å²) in [7, 11) is 4.11. The predicted octanol–water partition coefficient (Wildman–Crippen LogP) is 2.06. The van der Waals surface area contributed by atoms with Crippen LogP contribution in [0, 0.1) is 18.8 Å². The molecule has 1 N–H and O–H groups in total. The van der Waals surface area contributed by atoms with Crippen LogP contribution >= 0.6 is 0 Å². The fraction of sp³-hybridized carbons (Fsp3) is 0.500. The van der Waals surface area contributed by atoms with Crippen LogP contribution in [-0.4, -0.2) is 43.9 Å². The number of ether oxygens (including phenoxy) is 1. The second-order valence-corrected chi connectivity index (χ2v) is 4.78. The van der Waals surface area contributed by atoms with E-state index in [9.17, 15) is 0 Å². The second-order valence-electron chi connectivity index (χ2n) is 4.78. The molecule has 0 amide bonds. The number of aliphatic hydroxyl groups is 1. The van der Waals surface area contributed by atoms with Crippen LogP contribution in [0.2, 0.25) is 0 Å². The van der Waals surface area contributed by atoms with Gasteiger partial charge in [-0.25, -0.2) is 0 Å². The second kappa shape index (κ2) is 8.58. The zero-order valence-electron chi connectivity index (χ0n) is 12.1. The fourth-order valence-corrected chi connectivity index (χ4v) is 1.64. The van der Waals surface area contributed by atoms with Gasteiger partial charge in [0, 0.05) is 13.0 Å². The molecular weight excluding hydrogens is 238 g/mol. The van der Waals surface area contributed by atoms with Crippen LogP contribution in [0.4, 0.5) is 0 Å². The molecule has 0 atom stereocenters. The van der Waals surface area contributed by atoms with Crippen molar-refractivity contribution in [2.24, 2.45) is 0 Å². The van der Waals surface area contributed by atoms with E-state index in [1.807, 2.05) is 25.1 Å². The van der Waals surface area contributed by atoms with Crippen molar-refractivity contribution in [1.29, 1.82) is 0 Å². The van der Waals surface area contributed by atoms with Gasteiger partial charge in [0.2, 0.25) is 0 Å². The van der Waals surface area contributed by atoms with Gasteiger partial charge in [0.05, 0.1) is 18.8 Å². The molecule has 1 aromatic rings. The predicted molar refractivity (Wildman–Crippen MR) is 78.4 cm³/mol. The lowest BCUT2D eigenvalue weighted by Crippen LogP contribution is -2.15. The summed E-state index contributed by atoms with van der Waals surface area (Å²) in [6.07, 6.45) is 1.48. The molecule has 1 aromatic carbocycles. The Labute approximate surface area is 116 Å². The molecule has 19 heavy (non-hydrogen) atoms. The molecule has 0 saturated heterocycles. The summed E-state index contributed by atoms with van der Waals surface area (Å²) in [6.45, 7) is 3.83. The zero-order valence-corrected chi connectivity index (χ0v) is 12.1. The van der Waals surface area contributed by atoms with Gasteiger partial charge in [-0.2, -0.15) is 0 Å². The third-order valence-electron chi connectivity index (χ3n) is 2.60. The summed E-state index contributed by atoms with van der Waals surface area (Å²) in [5, 5.41) is 8.76. The normalized spacial score (nSPS) is 10.2. The number of rotatable bonds is 6. The first-order valence-electron chi connectivity index (χ1n) is 6.61. The van der Waals surface area contributed by atoms with Crippen LogP contribution in [0.5, 0.6) is 5.75 Å². The Bertz CT molecular complexity index is 444. The molecule has 0 aliphatic heterocycles. The first-order valence-corrected chi connectivity index (χ1v) is 6.61. The Balaban J connectivity index is 2.64. The highest BCUT2D eigenvalue weighted by molar-refractivity contribution is 5.48. The first kappa shape index (κ1) is 15.6. The Kier molecular flexibility index (Phi) is 7.02. The standard InChI is InChI=1S/C16H23NO2/c1-14-8-9-16(19-12-6-10-17(2)3)15(13-14)7-4-5-11-18/h8-9,13,18H,5-6,10-12H2,1-3H3. The monoisotopic (exact) mass is 261 g/mol. The summed E-state index contributed by atoms with van der Waals surface area (Å²) in [4.78, 5) is 2.14. The lowest BCUT2D eigenvalue weighted by Gasteiger charge is -2.11. The molecule has 0 fully saturated rings. The average molecular weight is 261 g/mol. The van der Waals surface area contributed by atoms with Crippen LogP contribution < -0.4 is 4.74 Å². The Hall–Kier alpha value is -1.50. The van der Waals surface area contributed by atoms with Gasteiger partial charge in [-0.3, -0.25) is 0 Å². The molecule has 104 valence electrons. The van der Waals surface area contributed by atoms with Crippen molar-refractivity contribution in [1.82, 2.24) is 4.90 Å². The highest BCUT2D eigenvalue weighted by atomic mass is 16.5.